The number of aromatic nitrogens is 2. The van der Waals surface area contributed by atoms with Crippen molar-refractivity contribution in [2.24, 2.45) is 0 Å². The van der Waals surface area contributed by atoms with Crippen LogP contribution < -0.4 is 10.1 Å². The van der Waals surface area contributed by atoms with E-state index in [0.29, 0.717) is 5.95 Å². The largest absolute Gasteiger partial charge is 0.476 e. The van der Waals surface area contributed by atoms with Gasteiger partial charge in [-0.2, -0.15) is 4.98 Å². The Bertz CT molecular complexity index is 366. The van der Waals surface area contributed by atoms with Crippen LogP contribution in [0.5, 0.6) is 5.88 Å². The van der Waals surface area contributed by atoms with Crippen molar-refractivity contribution in [3.63, 3.8) is 0 Å². The van der Waals surface area contributed by atoms with Crippen molar-refractivity contribution in [2.45, 2.75) is 6.92 Å². The summed E-state index contributed by atoms with van der Waals surface area (Å²) < 4.78 is 4.80. The van der Waals surface area contributed by atoms with Gasteiger partial charge in [-0.05, 0) is 6.92 Å². The highest BCUT2D eigenvalue weighted by molar-refractivity contribution is 5.48. The minimum absolute atomic E-state index is 0.0353. The molecular formula is C7H10N4O3. The molecule has 0 aliphatic heterocycles. The topological polar surface area (TPSA) is 90.2 Å². The van der Waals surface area contributed by atoms with Gasteiger partial charge in [0, 0.05) is 7.05 Å². The summed E-state index contributed by atoms with van der Waals surface area (Å²) in [5.41, 5.74) is 0.0673. The highest BCUT2D eigenvalue weighted by Crippen LogP contribution is 2.27. The van der Waals surface area contributed by atoms with Crippen LogP contribution in [0.2, 0.25) is 0 Å². The van der Waals surface area contributed by atoms with E-state index in [1.165, 1.54) is 14.0 Å². The van der Waals surface area contributed by atoms with Crippen LogP contribution in [-0.4, -0.2) is 29.0 Å². The van der Waals surface area contributed by atoms with E-state index in [9.17, 15) is 10.1 Å². The predicted octanol–water partition coefficient (Wildman–Crippen LogP) is 0.744. The van der Waals surface area contributed by atoms with E-state index in [1.807, 2.05) is 0 Å². The molecule has 0 amide bonds. The number of hydrogen-bond donors (Lipinski definition) is 1. The number of ether oxygens (including phenoxy) is 1. The third kappa shape index (κ3) is 1.70. The van der Waals surface area contributed by atoms with Crippen molar-refractivity contribution in [3.05, 3.63) is 15.8 Å². The third-order valence-corrected chi connectivity index (χ3v) is 1.63. The monoisotopic (exact) mass is 198 g/mol. The first-order valence-electron chi connectivity index (χ1n) is 3.85. The fourth-order valence-electron chi connectivity index (χ4n) is 1.01. The van der Waals surface area contributed by atoms with Crippen molar-refractivity contribution in [3.8, 4) is 5.88 Å². The van der Waals surface area contributed by atoms with E-state index >= 15 is 0 Å². The molecule has 1 rings (SSSR count). The van der Waals surface area contributed by atoms with Gasteiger partial charge < -0.3 is 10.1 Å². The molecule has 0 fully saturated rings. The van der Waals surface area contributed by atoms with Gasteiger partial charge in [0.1, 0.15) is 5.69 Å². The third-order valence-electron chi connectivity index (χ3n) is 1.63. The molecule has 0 saturated carbocycles. The zero-order valence-corrected chi connectivity index (χ0v) is 8.07. The molecule has 0 aromatic carbocycles. The second-order valence-electron chi connectivity index (χ2n) is 2.50. The zero-order chi connectivity index (χ0) is 10.7. The molecule has 1 aromatic rings. The molecule has 1 heterocycles. The van der Waals surface area contributed by atoms with Crippen LogP contribution in [0.25, 0.3) is 0 Å². The molecule has 0 saturated heterocycles. The van der Waals surface area contributed by atoms with Crippen LogP contribution in [-0.2, 0) is 0 Å². The van der Waals surface area contributed by atoms with Crippen molar-refractivity contribution in [2.75, 3.05) is 19.5 Å². The number of rotatable bonds is 3. The van der Waals surface area contributed by atoms with Crippen LogP contribution in [0, 0.1) is 17.0 Å². The number of aryl methyl sites for hydroxylation is 1. The van der Waals surface area contributed by atoms with E-state index in [2.05, 4.69) is 15.3 Å². The first-order chi connectivity index (χ1) is 6.60. The van der Waals surface area contributed by atoms with Gasteiger partial charge in [0.05, 0.1) is 12.0 Å². The summed E-state index contributed by atoms with van der Waals surface area (Å²) >= 11 is 0. The van der Waals surface area contributed by atoms with E-state index < -0.39 is 4.92 Å². The summed E-state index contributed by atoms with van der Waals surface area (Å²) in [6, 6.07) is 0. The highest BCUT2D eigenvalue weighted by Gasteiger charge is 2.22. The van der Waals surface area contributed by atoms with Gasteiger partial charge >= 0.3 is 5.69 Å². The van der Waals surface area contributed by atoms with E-state index in [-0.39, 0.29) is 17.3 Å². The minimum atomic E-state index is -0.562. The first kappa shape index (κ1) is 10.2. The molecule has 76 valence electrons. The predicted molar refractivity (Wildman–Crippen MR) is 49.5 cm³/mol. The van der Waals surface area contributed by atoms with Crippen LogP contribution in [0.4, 0.5) is 11.6 Å². The van der Waals surface area contributed by atoms with Crippen molar-refractivity contribution >= 4 is 11.6 Å². The Hall–Kier alpha value is -1.92. The molecule has 7 nitrogen and oxygen atoms in total. The van der Waals surface area contributed by atoms with Crippen molar-refractivity contribution in [1.29, 1.82) is 0 Å². The minimum Gasteiger partial charge on any atom is -0.476 e. The summed E-state index contributed by atoms with van der Waals surface area (Å²) in [6.07, 6.45) is 0. The molecule has 1 aromatic heterocycles. The number of nitrogens with one attached hydrogen (secondary N) is 1. The summed E-state index contributed by atoms with van der Waals surface area (Å²) in [6.45, 7) is 1.53. The number of nitro groups is 1. The maximum absolute atomic E-state index is 10.6. The number of nitrogens with zero attached hydrogens (tertiary/aromatic N) is 3. The lowest BCUT2D eigenvalue weighted by atomic mass is 10.3. The fraction of sp³-hybridized carbons (Fsp3) is 0.429. The first-order valence-corrected chi connectivity index (χ1v) is 3.85. The van der Waals surface area contributed by atoms with Crippen LogP contribution >= 0.6 is 0 Å². The van der Waals surface area contributed by atoms with Gasteiger partial charge in [-0.15, -0.1) is 0 Å². The lowest BCUT2D eigenvalue weighted by molar-refractivity contribution is -0.387. The van der Waals surface area contributed by atoms with Gasteiger partial charge in [0.25, 0.3) is 5.88 Å². The van der Waals surface area contributed by atoms with Gasteiger partial charge in [0.15, 0.2) is 0 Å². The Kier molecular flexibility index (Phi) is 2.80. The standard InChI is InChI=1S/C7H10N4O3/c1-4-5(11(12)13)6(14-3)10-7(8-2)9-4/h1-3H3,(H,8,9,10). The molecule has 0 radical (unpaired) electrons. The van der Waals surface area contributed by atoms with E-state index in [0.717, 1.165) is 0 Å². The normalized spacial score (nSPS) is 9.64. The zero-order valence-electron chi connectivity index (χ0n) is 8.07. The van der Waals surface area contributed by atoms with Crippen LogP contribution in [0.3, 0.4) is 0 Å². The Morgan fingerprint density at radius 3 is 2.57 bits per heavy atom. The molecule has 0 spiro atoms. The number of hydrogen-bond acceptors (Lipinski definition) is 6. The average Bonchev–Trinajstić information content (AvgIpc) is 2.15. The molecule has 0 atom stereocenters. The summed E-state index contributed by atoms with van der Waals surface area (Å²) in [7, 11) is 2.95. The van der Waals surface area contributed by atoms with Crippen LogP contribution in [0.15, 0.2) is 0 Å². The fourth-order valence-corrected chi connectivity index (χ4v) is 1.01. The van der Waals surface area contributed by atoms with Gasteiger partial charge in [0.2, 0.25) is 5.95 Å². The Morgan fingerprint density at radius 1 is 1.50 bits per heavy atom. The van der Waals surface area contributed by atoms with Crippen LogP contribution in [0.1, 0.15) is 5.69 Å². The van der Waals surface area contributed by atoms with E-state index in [4.69, 9.17) is 4.74 Å². The molecule has 14 heavy (non-hydrogen) atoms. The SMILES string of the molecule is CNc1nc(C)c([N+](=O)[O-])c(OC)n1. The molecular weight excluding hydrogens is 188 g/mol. The van der Waals surface area contributed by atoms with Gasteiger partial charge in [-0.1, -0.05) is 0 Å². The van der Waals surface area contributed by atoms with E-state index in [1.54, 1.807) is 7.05 Å². The number of methoxy groups -OCH3 is 1. The quantitative estimate of drug-likeness (QED) is 0.569. The Labute approximate surface area is 80.3 Å². The molecule has 0 unspecified atom stereocenters. The highest BCUT2D eigenvalue weighted by atomic mass is 16.6. The second-order valence-corrected chi connectivity index (χ2v) is 2.50. The Balaban J connectivity index is 3.34. The second kappa shape index (κ2) is 3.86. The molecule has 0 aliphatic rings. The summed E-state index contributed by atoms with van der Waals surface area (Å²) in [5.74, 6) is 0.261. The summed E-state index contributed by atoms with van der Waals surface area (Å²) in [5, 5.41) is 13.3. The number of anilines is 1. The molecule has 0 bridgehead atoms. The van der Waals surface area contributed by atoms with Crippen molar-refractivity contribution in [1.82, 2.24) is 9.97 Å². The van der Waals surface area contributed by atoms with Crippen molar-refractivity contribution < 1.29 is 9.66 Å². The molecule has 1 N–H and O–H groups in total. The lowest BCUT2D eigenvalue weighted by Crippen LogP contribution is -2.05. The maximum Gasteiger partial charge on any atom is 0.352 e. The lowest BCUT2D eigenvalue weighted by Gasteiger charge is -2.04. The Morgan fingerprint density at radius 2 is 2.14 bits per heavy atom. The van der Waals surface area contributed by atoms with Gasteiger partial charge in [-0.3, -0.25) is 10.1 Å². The van der Waals surface area contributed by atoms with Gasteiger partial charge in [-0.25, -0.2) is 4.98 Å². The average molecular weight is 198 g/mol. The summed E-state index contributed by atoms with van der Waals surface area (Å²) in [4.78, 5) is 17.7. The smallest absolute Gasteiger partial charge is 0.352 e. The maximum atomic E-state index is 10.6. The molecule has 0 aliphatic carbocycles. The molecule has 7 heteroatoms.